The molecule has 2 aromatic carbocycles. The van der Waals surface area contributed by atoms with Crippen LogP contribution in [-0.2, 0) is 16.0 Å². The van der Waals surface area contributed by atoms with Crippen molar-refractivity contribution in [3.63, 3.8) is 0 Å². The number of benzene rings is 2. The van der Waals surface area contributed by atoms with Crippen molar-refractivity contribution in [1.29, 1.82) is 0 Å². The fourth-order valence-electron chi connectivity index (χ4n) is 2.27. The van der Waals surface area contributed by atoms with Gasteiger partial charge in [-0.3, -0.25) is 15.0 Å². The van der Waals surface area contributed by atoms with Crippen molar-refractivity contribution in [1.82, 2.24) is 10.4 Å². The third-order valence-electron chi connectivity index (χ3n) is 3.49. The lowest BCUT2D eigenvalue weighted by Crippen LogP contribution is -2.45. The summed E-state index contributed by atoms with van der Waals surface area (Å²) in [5.74, 6) is -0.717. The molecule has 0 atom stereocenters. The molecule has 4 nitrogen and oxygen atoms in total. The zero-order valence-corrected chi connectivity index (χ0v) is 16.4. The number of hydrogen-bond acceptors (Lipinski definition) is 4. The molecule has 2 amide bonds. The van der Waals surface area contributed by atoms with Crippen LogP contribution in [0.3, 0.4) is 0 Å². The lowest BCUT2D eigenvalue weighted by Gasteiger charge is -2.15. The Morgan fingerprint density at radius 2 is 1.92 bits per heavy atom. The molecule has 2 aromatic rings. The molecule has 0 aromatic heterocycles. The highest BCUT2D eigenvalue weighted by atomic mass is 35.5. The molecular formula is C18H12Cl2N2O2S2. The van der Waals surface area contributed by atoms with Crippen molar-refractivity contribution in [3.8, 4) is 0 Å². The SMILES string of the molecule is O=C(Cc1ccccc1)NN1C(=O)/C(=C/c2ccc(Cl)cc2Cl)SC1=S. The first-order chi connectivity index (χ1) is 12.4. The van der Waals surface area contributed by atoms with Gasteiger partial charge in [0, 0.05) is 10.0 Å². The van der Waals surface area contributed by atoms with Gasteiger partial charge in [-0.05, 0) is 41.6 Å². The average Bonchev–Trinajstić information content (AvgIpc) is 2.86. The van der Waals surface area contributed by atoms with Crippen molar-refractivity contribution in [2.45, 2.75) is 6.42 Å². The minimum absolute atomic E-state index is 0.153. The van der Waals surface area contributed by atoms with E-state index in [-0.39, 0.29) is 16.6 Å². The van der Waals surface area contributed by atoms with E-state index in [0.717, 1.165) is 22.3 Å². The molecule has 0 bridgehead atoms. The van der Waals surface area contributed by atoms with Crippen molar-refractivity contribution >= 4 is 69.4 Å². The van der Waals surface area contributed by atoms with Gasteiger partial charge in [-0.1, -0.05) is 71.4 Å². The van der Waals surface area contributed by atoms with E-state index in [4.69, 9.17) is 35.4 Å². The number of rotatable bonds is 4. The minimum Gasteiger partial charge on any atom is -0.273 e. The van der Waals surface area contributed by atoms with Crippen LogP contribution in [0.1, 0.15) is 11.1 Å². The summed E-state index contributed by atoms with van der Waals surface area (Å²) in [6.45, 7) is 0. The quantitative estimate of drug-likeness (QED) is 0.583. The fraction of sp³-hybridized carbons (Fsp3) is 0.0556. The maximum Gasteiger partial charge on any atom is 0.285 e. The van der Waals surface area contributed by atoms with Crippen LogP contribution in [0.15, 0.2) is 53.4 Å². The van der Waals surface area contributed by atoms with Crippen molar-refractivity contribution in [2.24, 2.45) is 0 Å². The maximum atomic E-state index is 12.6. The Hall–Kier alpha value is -1.86. The second-order valence-corrected chi connectivity index (χ2v) is 7.90. The van der Waals surface area contributed by atoms with Crippen molar-refractivity contribution in [2.75, 3.05) is 0 Å². The topological polar surface area (TPSA) is 49.4 Å². The lowest BCUT2D eigenvalue weighted by atomic mass is 10.1. The number of carbonyl (C=O) groups excluding carboxylic acids is 2. The number of thiocarbonyl (C=S) groups is 1. The molecule has 26 heavy (non-hydrogen) atoms. The van der Waals surface area contributed by atoms with E-state index >= 15 is 0 Å². The minimum atomic E-state index is -0.396. The number of hydrazine groups is 1. The molecular weight excluding hydrogens is 411 g/mol. The Balaban J connectivity index is 1.72. The third kappa shape index (κ3) is 4.45. The normalized spacial score (nSPS) is 15.6. The smallest absolute Gasteiger partial charge is 0.273 e. The zero-order valence-electron chi connectivity index (χ0n) is 13.2. The maximum absolute atomic E-state index is 12.6. The van der Waals surface area contributed by atoms with E-state index in [9.17, 15) is 9.59 Å². The van der Waals surface area contributed by atoms with Crippen LogP contribution in [-0.4, -0.2) is 21.1 Å². The molecule has 1 saturated heterocycles. The number of thioether (sulfide) groups is 1. The van der Waals surface area contributed by atoms with Crippen LogP contribution < -0.4 is 5.43 Å². The predicted molar refractivity (Wildman–Crippen MR) is 110 cm³/mol. The summed E-state index contributed by atoms with van der Waals surface area (Å²) >= 11 is 18.3. The molecule has 8 heteroatoms. The third-order valence-corrected chi connectivity index (χ3v) is 5.35. The number of carbonyl (C=O) groups is 2. The fourth-order valence-corrected chi connectivity index (χ4v) is 3.90. The van der Waals surface area contributed by atoms with Gasteiger partial charge in [-0.25, -0.2) is 0 Å². The number of amides is 2. The number of halogens is 2. The van der Waals surface area contributed by atoms with Gasteiger partial charge >= 0.3 is 0 Å². The van der Waals surface area contributed by atoms with Crippen LogP contribution in [0.2, 0.25) is 10.0 Å². The summed E-state index contributed by atoms with van der Waals surface area (Å²) in [5, 5.41) is 2.02. The van der Waals surface area contributed by atoms with Crippen LogP contribution in [0.4, 0.5) is 0 Å². The van der Waals surface area contributed by atoms with Gasteiger partial charge in [-0.15, -0.1) is 0 Å². The number of hydrogen-bond donors (Lipinski definition) is 1. The monoisotopic (exact) mass is 422 g/mol. The molecule has 0 radical (unpaired) electrons. The molecule has 1 aliphatic rings. The van der Waals surface area contributed by atoms with E-state index in [1.165, 1.54) is 0 Å². The molecule has 0 spiro atoms. The first kappa shape index (κ1) is 18.9. The summed E-state index contributed by atoms with van der Waals surface area (Å²) in [6, 6.07) is 14.2. The highest BCUT2D eigenvalue weighted by Gasteiger charge is 2.33. The first-order valence-electron chi connectivity index (χ1n) is 7.50. The van der Waals surface area contributed by atoms with Crippen molar-refractivity contribution in [3.05, 3.63) is 74.6 Å². The van der Waals surface area contributed by atoms with E-state index in [2.05, 4.69) is 5.43 Å². The van der Waals surface area contributed by atoms with E-state index < -0.39 is 5.91 Å². The zero-order chi connectivity index (χ0) is 18.7. The first-order valence-corrected chi connectivity index (χ1v) is 9.48. The number of nitrogens with zero attached hydrogens (tertiary/aromatic N) is 1. The van der Waals surface area contributed by atoms with Gasteiger partial charge in [0.15, 0.2) is 4.32 Å². The highest BCUT2D eigenvalue weighted by molar-refractivity contribution is 8.26. The van der Waals surface area contributed by atoms with Gasteiger partial charge in [0.2, 0.25) is 5.91 Å². The molecule has 1 heterocycles. The van der Waals surface area contributed by atoms with Gasteiger partial charge in [-0.2, -0.15) is 5.01 Å². The summed E-state index contributed by atoms with van der Waals surface area (Å²) in [4.78, 5) is 25.1. The largest absolute Gasteiger partial charge is 0.285 e. The summed E-state index contributed by atoms with van der Waals surface area (Å²) in [5.41, 5.74) is 4.05. The molecule has 0 unspecified atom stereocenters. The van der Waals surface area contributed by atoms with Gasteiger partial charge in [0.05, 0.1) is 11.3 Å². The second-order valence-electron chi connectivity index (χ2n) is 5.38. The predicted octanol–water partition coefficient (Wildman–Crippen LogP) is 4.47. The van der Waals surface area contributed by atoms with E-state index in [0.29, 0.717) is 20.5 Å². The van der Waals surface area contributed by atoms with E-state index in [1.807, 2.05) is 30.3 Å². The Morgan fingerprint density at radius 1 is 1.19 bits per heavy atom. The van der Waals surface area contributed by atoms with Gasteiger partial charge < -0.3 is 0 Å². The Morgan fingerprint density at radius 3 is 2.62 bits per heavy atom. The Kier molecular flexibility index (Phi) is 5.98. The van der Waals surface area contributed by atoms with Gasteiger partial charge in [0.1, 0.15) is 0 Å². The van der Waals surface area contributed by atoms with Gasteiger partial charge in [0.25, 0.3) is 5.91 Å². The molecule has 1 aliphatic heterocycles. The average molecular weight is 423 g/mol. The summed E-state index contributed by atoms with van der Waals surface area (Å²) < 4.78 is 0.257. The second kappa shape index (κ2) is 8.22. The molecule has 1 N–H and O–H groups in total. The lowest BCUT2D eigenvalue weighted by molar-refractivity contribution is -0.132. The highest BCUT2D eigenvalue weighted by Crippen LogP contribution is 2.33. The van der Waals surface area contributed by atoms with Crippen molar-refractivity contribution < 1.29 is 9.59 Å². The summed E-state index contributed by atoms with van der Waals surface area (Å²) in [7, 11) is 0. The molecule has 0 saturated carbocycles. The van der Waals surface area contributed by atoms with Crippen LogP contribution in [0.25, 0.3) is 6.08 Å². The Labute approximate surface area is 170 Å². The van der Waals surface area contributed by atoms with Crippen LogP contribution in [0.5, 0.6) is 0 Å². The van der Waals surface area contributed by atoms with E-state index in [1.54, 1.807) is 24.3 Å². The van der Waals surface area contributed by atoms with Crippen LogP contribution in [0, 0.1) is 0 Å². The Bertz CT molecular complexity index is 917. The van der Waals surface area contributed by atoms with Crippen LogP contribution >= 0.6 is 47.2 Å². The molecule has 1 fully saturated rings. The summed E-state index contributed by atoms with van der Waals surface area (Å²) in [6.07, 6.45) is 1.78. The molecule has 3 rings (SSSR count). The number of nitrogens with one attached hydrogen (secondary N) is 1. The standard InChI is InChI=1S/C18H12Cl2N2O2S2/c19-13-7-6-12(14(20)10-13)9-15-17(24)22(18(25)26-15)21-16(23)8-11-4-2-1-3-5-11/h1-7,9-10H,8H2,(H,21,23)/b15-9-. The molecule has 132 valence electrons. The molecule has 0 aliphatic carbocycles.